The lowest BCUT2D eigenvalue weighted by atomic mass is 10.0. The van der Waals surface area contributed by atoms with E-state index in [4.69, 9.17) is 0 Å². The Balaban J connectivity index is 2.39. The minimum atomic E-state index is -0.585. The summed E-state index contributed by atoms with van der Waals surface area (Å²) in [6.07, 6.45) is 1.58. The summed E-state index contributed by atoms with van der Waals surface area (Å²) in [6.45, 7) is 2.56. The van der Waals surface area contributed by atoms with E-state index in [1.807, 2.05) is 6.92 Å². The molecule has 0 aliphatic rings. The SMILES string of the molecule is CCNC(c1cnsn1)c1ccc(F)cc1F. The molecule has 6 heteroatoms. The van der Waals surface area contributed by atoms with Crippen LogP contribution in [-0.2, 0) is 0 Å². The third-order valence-corrected chi connectivity index (χ3v) is 2.85. The van der Waals surface area contributed by atoms with Gasteiger partial charge in [0, 0.05) is 11.6 Å². The molecule has 0 spiro atoms. The van der Waals surface area contributed by atoms with Crippen molar-refractivity contribution in [2.24, 2.45) is 0 Å². The molecule has 2 aromatic rings. The Morgan fingerprint density at radius 2 is 2.24 bits per heavy atom. The first-order valence-corrected chi connectivity index (χ1v) is 5.91. The van der Waals surface area contributed by atoms with Crippen LogP contribution >= 0.6 is 11.7 Å². The van der Waals surface area contributed by atoms with E-state index in [-0.39, 0.29) is 6.04 Å². The van der Waals surface area contributed by atoms with Crippen LogP contribution in [-0.4, -0.2) is 15.3 Å². The lowest BCUT2D eigenvalue weighted by Gasteiger charge is -2.16. The van der Waals surface area contributed by atoms with E-state index in [2.05, 4.69) is 14.1 Å². The van der Waals surface area contributed by atoms with Gasteiger partial charge in [0.25, 0.3) is 0 Å². The van der Waals surface area contributed by atoms with Gasteiger partial charge in [0.2, 0.25) is 0 Å². The molecule has 0 saturated heterocycles. The zero-order chi connectivity index (χ0) is 12.3. The summed E-state index contributed by atoms with van der Waals surface area (Å²) in [5.74, 6) is -1.16. The van der Waals surface area contributed by atoms with E-state index in [0.29, 0.717) is 17.8 Å². The minimum absolute atomic E-state index is 0.376. The Morgan fingerprint density at radius 1 is 1.41 bits per heavy atom. The number of rotatable bonds is 4. The molecule has 0 bridgehead atoms. The molecule has 3 nitrogen and oxygen atoms in total. The summed E-state index contributed by atoms with van der Waals surface area (Å²) >= 11 is 1.06. The Kier molecular flexibility index (Phi) is 3.75. The molecule has 0 aliphatic heterocycles. The van der Waals surface area contributed by atoms with Gasteiger partial charge in [0.15, 0.2) is 0 Å². The van der Waals surface area contributed by atoms with E-state index >= 15 is 0 Å². The van der Waals surface area contributed by atoms with E-state index in [9.17, 15) is 8.78 Å². The van der Waals surface area contributed by atoms with Crippen LogP contribution in [0.4, 0.5) is 8.78 Å². The van der Waals surface area contributed by atoms with E-state index in [1.165, 1.54) is 12.1 Å². The Hall–Kier alpha value is -1.40. The van der Waals surface area contributed by atoms with E-state index in [1.54, 1.807) is 6.20 Å². The molecule has 0 fully saturated rings. The topological polar surface area (TPSA) is 37.8 Å². The normalized spacial score (nSPS) is 12.6. The number of halogens is 2. The van der Waals surface area contributed by atoms with Crippen molar-refractivity contribution in [2.75, 3.05) is 6.54 Å². The van der Waals surface area contributed by atoms with Crippen LogP contribution in [0.3, 0.4) is 0 Å². The van der Waals surface area contributed by atoms with Crippen LogP contribution in [0.5, 0.6) is 0 Å². The Labute approximate surface area is 102 Å². The van der Waals surface area contributed by atoms with Crippen LogP contribution < -0.4 is 5.32 Å². The average molecular weight is 255 g/mol. The molecule has 0 saturated carbocycles. The highest BCUT2D eigenvalue weighted by molar-refractivity contribution is 6.99. The number of nitrogens with zero attached hydrogens (tertiary/aromatic N) is 2. The van der Waals surface area contributed by atoms with Gasteiger partial charge in [0.05, 0.1) is 29.7 Å². The molecule has 1 unspecified atom stereocenters. The lowest BCUT2D eigenvalue weighted by Crippen LogP contribution is -2.23. The quantitative estimate of drug-likeness (QED) is 0.912. The van der Waals surface area contributed by atoms with Crippen LogP contribution in [0, 0.1) is 11.6 Å². The van der Waals surface area contributed by atoms with Crippen LogP contribution in [0.25, 0.3) is 0 Å². The van der Waals surface area contributed by atoms with Crippen LogP contribution in [0.2, 0.25) is 0 Å². The molecule has 90 valence electrons. The predicted octanol–water partition coefficient (Wildman–Crippen LogP) is 2.52. The molecule has 2 rings (SSSR count). The maximum absolute atomic E-state index is 13.7. The summed E-state index contributed by atoms with van der Waals surface area (Å²) in [7, 11) is 0. The minimum Gasteiger partial charge on any atom is -0.305 e. The van der Waals surface area contributed by atoms with Crippen molar-refractivity contribution in [1.82, 2.24) is 14.1 Å². The number of hydrogen-bond donors (Lipinski definition) is 1. The van der Waals surface area contributed by atoms with Crippen molar-refractivity contribution in [3.63, 3.8) is 0 Å². The second-order valence-electron chi connectivity index (χ2n) is 3.49. The molecular weight excluding hydrogens is 244 g/mol. The number of benzene rings is 1. The zero-order valence-corrected chi connectivity index (χ0v) is 9.97. The van der Waals surface area contributed by atoms with Gasteiger partial charge in [-0.25, -0.2) is 8.78 Å². The maximum atomic E-state index is 13.7. The highest BCUT2D eigenvalue weighted by atomic mass is 32.1. The summed E-state index contributed by atoms with van der Waals surface area (Å²) in [4.78, 5) is 0. The molecule has 17 heavy (non-hydrogen) atoms. The fraction of sp³-hybridized carbons (Fsp3) is 0.273. The van der Waals surface area contributed by atoms with Gasteiger partial charge in [-0.15, -0.1) is 0 Å². The van der Waals surface area contributed by atoms with Gasteiger partial charge in [-0.2, -0.15) is 8.75 Å². The van der Waals surface area contributed by atoms with Crippen molar-refractivity contribution >= 4 is 11.7 Å². The lowest BCUT2D eigenvalue weighted by molar-refractivity contribution is 0.537. The largest absolute Gasteiger partial charge is 0.305 e. The maximum Gasteiger partial charge on any atom is 0.131 e. The molecule has 1 heterocycles. The highest BCUT2D eigenvalue weighted by Crippen LogP contribution is 2.23. The van der Waals surface area contributed by atoms with Gasteiger partial charge in [-0.3, -0.25) is 0 Å². The summed E-state index contributed by atoms with van der Waals surface area (Å²) in [6, 6.07) is 3.15. The fourth-order valence-electron chi connectivity index (χ4n) is 1.61. The summed E-state index contributed by atoms with van der Waals surface area (Å²) in [5.41, 5.74) is 1.02. The first-order valence-electron chi connectivity index (χ1n) is 5.18. The smallest absolute Gasteiger partial charge is 0.131 e. The molecular formula is C11H11F2N3S. The van der Waals surface area contributed by atoms with Gasteiger partial charge in [0.1, 0.15) is 11.6 Å². The number of aromatic nitrogens is 2. The van der Waals surface area contributed by atoms with Gasteiger partial charge in [-0.05, 0) is 12.6 Å². The molecule has 1 aromatic heterocycles. The van der Waals surface area contributed by atoms with Crippen molar-refractivity contribution < 1.29 is 8.78 Å². The standard InChI is InChI=1S/C11H11F2N3S/c1-2-14-11(10-6-15-17-16-10)8-4-3-7(12)5-9(8)13/h3-6,11,14H,2H2,1H3. The number of hydrogen-bond acceptors (Lipinski definition) is 4. The first-order chi connectivity index (χ1) is 8.22. The zero-order valence-electron chi connectivity index (χ0n) is 9.15. The van der Waals surface area contributed by atoms with Crippen molar-refractivity contribution in [3.8, 4) is 0 Å². The van der Waals surface area contributed by atoms with Crippen LogP contribution in [0.15, 0.2) is 24.4 Å². The summed E-state index contributed by atoms with van der Waals surface area (Å²) < 4.78 is 34.5. The predicted molar refractivity (Wildman–Crippen MR) is 61.8 cm³/mol. The van der Waals surface area contributed by atoms with Crippen LogP contribution in [0.1, 0.15) is 24.2 Å². The third-order valence-electron chi connectivity index (χ3n) is 2.36. The molecule has 1 atom stereocenters. The first kappa shape index (κ1) is 12.1. The van der Waals surface area contributed by atoms with Crippen molar-refractivity contribution in [3.05, 3.63) is 47.3 Å². The Morgan fingerprint density at radius 3 is 2.82 bits per heavy atom. The average Bonchev–Trinajstić information content (AvgIpc) is 2.80. The Bertz CT molecular complexity index is 487. The monoisotopic (exact) mass is 255 g/mol. The van der Waals surface area contributed by atoms with Crippen molar-refractivity contribution in [1.29, 1.82) is 0 Å². The van der Waals surface area contributed by atoms with E-state index < -0.39 is 11.6 Å². The molecule has 1 aromatic carbocycles. The molecule has 0 aliphatic carbocycles. The van der Waals surface area contributed by atoms with Crippen molar-refractivity contribution in [2.45, 2.75) is 13.0 Å². The van der Waals surface area contributed by atoms with E-state index in [0.717, 1.165) is 17.8 Å². The van der Waals surface area contributed by atoms with Gasteiger partial charge in [-0.1, -0.05) is 13.0 Å². The summed E-state index contributed by atoms with van der Waals surface area (Å²) in [5, 5.41) is 3.10. The molecule has 0 amide bonds. The van der Waals surface area contributed by atoms with Gasteiger partial charge >= 0.3 is 0 Å². The second kappa shape index (κ2) is 5.29. The third kappa shape index (κ3) is 2.65. The second-order valence-corrected chi connectivity index (χ2v) is 4.05. The molecule has 1 N–H and O–H groups in total. The number of nitrogens with one attached hydrogen (secondary N) is 1. The highest BCUT2D eigenvalue weighted by Gasteiger charge is 2.19. The fourth-order valence-corrected chi connectivity index (χ4v) is 2.06. The van der Waals surface area contributed by atoms with Gasteiger partial charge < -0.3 is 5.32 Å². The molecule has 0 radical (unpaired) electrons.